The number of aryl methyl sites for hydroxylation is 1. The summed E-state index contributed by atoms with van der Waals surface area (Å²) in [5, 5.41) is 4.72. The van der Waals surface area contributed by atoms with Gasteiger partial charge in [-0.25, -0.2) is 0 Å². The Bertz CT molecular complexity index is 1250. The molecule has 0 aliphatic carbocycles. The zero-order chi connectivity index (χ0) is 23.3. The molecule has 2 aliphatic heterocycles. The highest BCUT2D eigenvalue weighted by atomic mass is 35.5. The molecule has 4 heterocycles. The van der Waals surface area contributed by atoms with Crippen molar-refractivity contribution < 1.29 is 9.59 Å². The summed E-state index contributed by atoms with van der Waals surface area (Å²) < 4.78 is 1.64. The average Bonchev–Trinajstić information content (AvgIpc) is 3.35. The molecular formula is C24H25ClN6O2. The molecule has 1 saturated heterocycles. The van der Waals surface area contributed by atoms with E-state index < -0.39 is 0 Å². The average molecular weight is 465 g/mol. The van der Waals surface area contributed by atoms with E-state index in [0.29, 0.717) is 42.3 Å². The Morgan fingerprint density at radius 1 is 1.09 bits per heavy atom. The first-order valence-corrected chi connectivity index (χ1v) is 11.3. The summed E-state index contributed by atoms with van der Waals surface area (Å²) in [4.78, 5) is 36.3. The third-order valence-electron chi connectivity index (χ3n) is 6.58. The van der Waals surface area contributed by atoms with Crippen molar-refractivity contribution in [2.45, 2.75) is 19.9 Å². The van der Waals surface area contributed by atoms with Gasteiger partial charge >= 0.3 is 0 Å². The molecule has 0 N–H and O–H groups in total. The van der Waals surface area contributed by atoms with Crippen LogP contribution in [0.15, 0.2) is 43.0 Å². The van der Waals surface area contributed by atoms with Crippen molar-refractivity contribution in [3.63, 3.8) is 0 Å². The molecule has 0 bridgehead atoms. The molecule has 33 heavy (non-hydrogen) atoms. The molecule has 0 radical (unpaired) electrons. The fourth-order valence-electron chi connectivity index (χ4n) is 4.77. The van der Waals surface area contributed by atoms with Gasteiger partial charge in [-0.05, 0) is 43.2 Å². The van der Waals surface area contributed by atoms with Crippen LogP contribution >= 0.6 is 11.6 Å². The molecule has 2 amide bonds. The summed E-state index contributed by atoms with van der Waals surface area (Å²) >= 11 is 6.18. The fourth-order valence-corrected chi connectivity index (χ4v) is 4.95. The monoisotopic (exact) mass is 464 g/mol. The minimum absolute atomic E-state index is 0.000684. The van der Waals surface area contributed by atoms with Gasteiger partial charge in [0.25, 0.3) is 11.8 Å². The van der Waals surface area contributed by atoms with Crippen molar-refractivity contribution in [2.75, 3.05) is 36.0 Å². The van der Waals surface area contributed by atoms with Gasteiger partial charge in [-0.1, -0.05) is 11.6 Å². The van der Waals surface area contributed by atoms with Crippen LogP contribution in [0.2, 0.25) is 5.02 Å². The maximum absolute atomic E-state index is 13.2. The van der Waals surface area contributed by atoms with E-state index in [1.165, 1.54) is 0 Å². The largest absolute Gasteiger partial charge is 0.366 e. The number of halogens is 1. The summed E-state index contributed by atoms with van der Waals surface area (Å²) in [7, 11) is 1.80. The third kappa shape index (κ3) is 3.64. The standard InChI is InChI=1S/C24H25ClN6O2/c1-15-21(29-6-8-30(9-7-29)23(32)17-11-27-28(3)14-17)12-26-13-22(15)31-16(2)20-10-18(25)4-5-19(20)24(31)33/h4-5,10-14,16H,6-9H2,1-3H3/t16-/m0/s1. The number of piperazine rings is 1. The lowest BCUT2D eigenvalue weighted by Gasteiger charge is -2.37. The normalized spacial score (nSPS) is 18.1. The summed E-state index contributed by atoms with van der Waals surface area (Å²) in [6.45, 7) is 6.64. The zero-order valence-corrected chi connectivity index (χ0v) is 19.6. The van der Waals surface area contributed by atoms with Gasteiger partial charge in [0.05, 0.1) is 41.6 Å². The Balaban J connectivity index is 1.36. The quantitative estimate of drug-likeness (QED) is 0.593. The molecule has 170 valence electrons. The van der Waals surface area contributed by atoms with Crippen molar-refractivity contribution in [2.24, 2.45) is 7.05 Å². The van der Waals surface area contributed by atoms with Gasteiger partial charge in [-0.2, -0.15) is 5.10 Å². The molecule has 0 spiro atoms. The van der Waals surface area contributed by atoms with Crippen LogP contribution in [0.4, 0.5) is 11.4 Å². The first-order chi connectivity index (χ1) is 15.8. The number of anilines is 2. The van der Waals surface area contributed by atoms with Crippen molar-refractivity contribution in [3.8, 4) is 0 Å². The highest BCUT2D eigenvalue weighted by Crippen LogP contribution is 2.41. The Hall–Kier alpha value is -3.39. The van der Waals surface area contributed by atoms with Gasteiger partial charge in [0.15, 0.2) is 0 Å². The number of amides is 2. The van der Waals surface area contributed by atoms with Crippen LogP contribution < -0.4 is 9.80 Å². The van der Waals surface area contributed by atoms with Crippen molar-refractivity contribution >= 4 is 34.8 Å². The second-order valence-electron chi connectivity index (χ2n) is 8.57. The van der Waals surface area contributed by atoms with E-state index in [-0.39, 0.29) is 17.9 Å². The van der Waals surface area contributed by atoms with E-state index in [0.717, 1.165) is 22.5 Å². The van der Waals surface area contributed by atoms with E-state index in [1.807, 2.05) is 31.0 Å². The number of fused-ring (bicyclic) bond motifs is 1. The molecule has 2 aromatic heterocycles. The van der Waals surface area contributed by atoms with E-state index in [1.54, 1.807) is 47.4 Å². The Labute approximate surface area is 197 Å². The molecule has 8 nitrogen and oxygen atoms in total. The van der Waals surface area contributed by atoms with E-state index in [2.05, 4.69) is 15.0 Å². The van der Waals surface area contributed by atoms with Crippen LogP contribution in [0.3, 0.4) is 0 Å². The van der Waals surface area contributed by atoms with Crippen LogP contribution in [0.1, 0.15) is 44.8 Å². The Morgan fingerprint density at radius 3 is 2.52 bits per heavy atom. The second kappa shape index (κ2) is 8.19. The maximum atomic E-state index is 13.2. The van der Waals surface area contributed by atoms with E-state index >= 15 is 0 Å². The third-order valence-corrected chi connectivity index (χ3v) is 6.82. The molecule has 1 aromatic carbocycles. The number of pyridine rings is 1. The molecule has 5 rings (SSSR count). The topological polar surface area (TPSA) is 74.6 Å². The second-order valence-corrected chi connectivity index (χ2v) is 9.00. The predicted octanol–water partition coefficient (Wildman–Crippen LogP) is 3.46. The maximum Gasteiger partial charge on any atom is 0.259 e. The number of hydrogen-bond acceptors (Lipinski definition) is 5. The number of carbonyl (C=O) groups excluding carboxylic acids is 2. The zero-order valence-electron chi connectivity index (χ0n) is 18.8. The lowest BCUT2D eigenvalue weighted by Crippen LogP contribution is -2.49. The number of aromatic nitrogens is 3. The molecule has 0 unspecified atom stereocenters. The smallest absolute Gasteiger partial charge is 0.259 e. The molecule has 2 aliphatic rings. The fraction of sp³-hybridized carbons (Fsp3) is 0.333. The lowest BCUT2D eigenvalue weighted by atomic mass is 10.1. The number of benzene rings is 1. The molecular weight excluding hydrogens is 440 g/mol. The van der Waals surface area contributed by atoms with Crippen LogP contribution in [0.5, 0.6) is 0 Å². The van der Waals surface area contributed by atoms with Crippen LogP contribution in [-0.2, 0) is 7.05 Å². The Morgan fingerprint density at radius 2 is 1.82 bits per heavy atom. The molecule has 9 heteroatoms. The predicted molar refractivity (Wildman–Crippen MR) is 127 cm³/mol. The summed E-state index contributed by atoms with van der Waals surface area (Å²) in [5.41, 5.74) is 4.99. The van der Waals surface area contributed by atoms with Gasteiger partial charge in [0.2, 0.25) is 0 Å². The first-order valence-electron chi connectivity index (χ1n) is 11.0. The number of rotatable bonds is 3. The van der Waals surface area contributed by atoms with Crippen LogP contribution in [-0.4, -0.2) is 57.7 Å². The summed E-state index contributed by atoms with van der Waals surface area (Å²) in [6.07, 6.45) is 6.94. The van der Waals surface area contributed by atoms with Crippen LogP contribution in [0.25, 0.3) is 0 Å². The van der Waals surface area contributed by atoms with Crippen molar-refractivity contribution in [3.05, 3.63) is 70.3 Å². The van der Waals surface area contributed by atoms with Crippen LogP contribution in [0, 0.1) is 6.92 Å². The SMILES string of the molecule is Cc1c(N2CCN(C(=O)c3cnn(C)c3)CC2)cncc1N1C(=O)c2ccc(Cl)cc2[C@@H]1C. The molecule has 0 saturated carbocycles. The minimum atomic E-state index is -0.129. The summed E-state index contributed by atoms with van der Waals surface area (Å²) in [5.74, 6) is -0.0395. The van der Waals surface area contributed by atoms with Gasteiger partial charge in [0, 0.05) is 50.0 Å². The molecule has 3 aromatic rings. The van der Waals surface area contributed by atoms with Gasteiger partial charge < -0.3 is 9.80 Å². The molecule has 1 fully saturated rings. The van der Waals surface area contributed by atoms with Crippen molar-refractivity contribution in [1.29, 1.82) is 0 Å². The number of hydrogen-bond donors (Lipinski definition) is 0. The number of carbonyl (C=O) groups is 2. The Kier molecular flexibility index (Phi) is 5.32. The molecule has 1 atom stereocenters. The summed E-state index contributed by atoms with van der Waals surface area (Å²) in [6, 6.07) is 5.28. The van der Waals surface area contributed by atoms with E-state index in [4.69, 9.17) is 11.6 Å². The minimum Gasteiger partial charge on any atom is -0.366 e. The van der Waals surface area contributed by atoms with Gasteiger partial charge in [0.1, 0.15) is 0 Å². The highest BCUT2D eigenvalue weighted by molar-refractivity contribution is 6.31. The number of nitrogens with zero attached hydrogens (tertiary/aromatic N) is 6. The lowest BCUT2D eigenvalue weighted by molar-refractivity contribution is 0.0746. The van der Waals surface area contributed by atoms with E-state index in [9.17, 15) is 9.59 Å². The highest BCUT2D eigenvalue weighted by Gasteiger charge is 2.36. The van der Waals surface area contributed by atoms with Gasteiger partial charge in [-0.15, -0.1) is 0 Å². The van der Waals surface area contributed by atoms with Gasteiger partial charge in [-0.3, -0.25) is 24.2 Å². The van der Waals surface area contributed by atoms with Crippen molar-refractivity contribution in [1.82, 2.24) is 19.7 Å². The first kappa shape index (κ1) is 21.5.